The molecule has 0 bridgehead atoms. The number of nitrogens with one attached hydrogen (secondary N) is 1. The average Bonchev–Trinajstić information content (AvgIpc) is 2.42. The molecule has 0 aliphatic heterocycles. The van der Waals surface area contributed by atoms with Gasteiger partial charge in [0.1, 0.15) is 0 Å². The Kier molecular flexibility index (Phi) is 4.39. The Morgan fingerprint density at radius 2 is 2.00 bits per heavy atom. The minimum absolute atomic E-state index is 0.111. The third kappa shape index (κ3) is 3.17. The fourth-order valence-electron chi connectivity index (χ4n) is 1.68. The summed E-state index contributed by atoms with van der Waals surface area (Å²) in [5.41, 5.74) is 1.95. The molecule has 0 unspecified atom stereocenters. The van der Waals surface area contributed by atoms with E-state index in [0.717, 1.165) is 16.1 Å². The number of ether oxygens (including phenoxy) is 1. The van der Waals surface area contributed by atoms with Crippen LogP contribution in [0, 0.1) is 12.7 Å². The SMILES string of the molecule is COc1ccc(C(=O)Nc2ccc(C)c(Br)c2)cc1F. The van der Waals surface area contributed by atoms with Crippen LogP contribution in [0.3, 0.4) is 0 Å². The largest absolute Gasteiger partial charge is 0.494 e. The normalized spacial score (nSPS) is 10.2. The Morgan fingerprint density at radius 3 is 2.60 bits per heavy atom. The number of hydrogen-bond donors (Lipinski definition) is 1. The predicted molar refractivity (Wildman–Crippen MR) is 79.8 cm³/mol. The van der Waals surface area contributed by atoms with Gasteiger partial charge in [0.15, 0.2) is 11.6 Å². The Balaban J connectivity index is 2.19. The van der Waals surface area contributed by atoms with Gasteiger partial charge in [0.25, 0.3) is 5.91 Å². The minimum atomic E-state index is -0.565. The Hall–Kier alpha value is -1.88. The molecule has 0 radical (unpaired) electrons. The van der Waals surface area contributed by atoms with Gasteiger partial charge in [-0.05, 0) is 42.8 Å². The summed E-state index contributed by atoms with van der Waals surface area (Å²) in [6.45, 7) is 1.95. The van der Waals surface area contributed by atoms with Crippen LogP contribution in [0.5, 0.6) is 5.75 Å². The highest BCUT2D eigenvalue weighted by Gasteiger charge is 2.10. The summed E-state index contributed by atoms with van der Waals surface area (Å²) >= 11 is 3.39. The van der Waals surface area contributed by atoms with Crippen molar-refractivity contribution in [2.24, 2.45) is 0 Å². The van der Waals surface area contributed by atoms with Crippen molar-refractivity contribution in [1.29, 1.82) is 0 Å². The van der Waals surface area contributed by atoms with E-state index < -0.39 is 5.82 Å². The van der Waals surface area contributed by atoms with Crippen LogP contribution in [0.1, 0.15) is 15.9 Å². The Labute approximate surface area is 124 Å². The number of amides is 1. The first kappa shape index (κ1) is 14.5. The molecule has 1 amide bonds. The second-order valence-electron chi connectivity index (χ2n) is 4.27. The fraction of sp³-hybridized carbons (Fsp3) is 0.133. The molecule has 2 aromatic rings. The van der Waals surface area contributed by atoms with Crippen LogP contribution in [0.2, 0.25) is 0 Å². The number of benzene rings is 2. The molecule has 5 heteroatoms. The fourth-order valence-corrected chi connectivity index (χ4v) is 2.06. The Bertz CT molecular complexity index is 658. The third-order valence-electron chi connectivity index (χ3n) is 2.84. The molecule has 0 heterocycles. The van der Waals surface area contributed by atoms with Crippen LogP contribution in [-0.4, -0.2) is 13.0 Å². The molecule has 104 valence electrons. The molecule has 1 N–H and O–H groups in total. The van der Waals surface area contributed by atoms with Crippen molar-refractivity contribution >= 4 is 27.5 Å². The van der Waals surface area contributed by atoms with Crippen molar-refractivity contribution in [2.75, 3.05) is 12.4 Å². The van der Waals surface area contributed by atoms with E-state index in [9.17, 15) is 9.18 Å². The topological polar surface area (TPSA) is 38.3 Å². The van der Waals surface area contributed by atoms with Gasteiger partial charge in [-0.2, -0.15) is 0 Å². The van der Waals surface area contributed by atoms with Crippen LogP contribution >= 0.6 is 15.9 Å². The molecule has 20 heavy (non-hydrogen) atoms. The molecule has 3 nitrogen and oxygen atoms in total. The maximum atomic E-state index is 13.6. The van der Waals surface area contributed by atoms with Crippen LogP contribution in [0.15, 0.2) is 40.9 Å². The first-order chi connectivity index (χ1) is 9.51. The minimum Gasteiger partial charge on any atom is -0.494 e. The van der Waals surface area contributed by atoms with E-state index in [1.807, 2.05) is 13.0 Å². The van der Waals surface area contributed by atoms with Crippen molar-refractivity contribution < 1.29 is 13.9 Å². The summed E-state index contributed by atoms with van der Waals surface area (Å²) in [4.78, 5) is 12.0. The number of anilines is 1. The van der Waals surface area contributed by atoms with Crippen LogP contribution in [-0.2, 0) is 0 Å². The highest BCUT2D eigenvalue weighted by Crippen LogP contribution is 2.22. The molecule has 2 aromatic carbocycles. The lowest BCUT2D eigenvalue weighted by molar-refractivity contribution is 0.102. The van der Waals surface area contributed by atoms with Crippen molar-refractivity contribution in [2.45, 2.75) is 6.92 Å². The average molecular weight is 338 g/mol. The molecule has 0 fully saturated rings. The number of carbonyl (C=O) groups excluding carboxylic acids is 1. The molecule has 0 aromatic heterocycles. The monoisotopic (exact) mass is 337 g/mol. The zero-order valence-electron chi connectivity index (χ0n) is 11.0. The summed E-state index contributed by atoms with van der Waals surface area (Å²) in [6, 6.07) is 9.56. The Morgan fingerprint density at radius 1 is 1.25 bits per heavy atom. The predicted octanol–water partition coefficient (Wildman–Crippen LogP) is 4.16. The lowest BCUT2D eigenvalue weighted by Gasteiger charge is -2.08. The molecule has 0 aliphatic rings. The molecule has 2 rings (SSSR count). The van der Waals surface area contributed by atoms with Crippen LogP contribution < -0.4 is 10.1 Å². The summed E-state index contributed by atoms with van der Waals surface area (Å²) in [5.74, 6) is -0.827. The lowest BCUT2D eigenvalue weighted by Crippen LogP contribution is -2.12. The maximum Gasteiger partial charge on any atom is 0.255 e. The smallest absolute Gasteiger partial charge is 0.255 e. The molecular weight excluding hydrogens is 325 g/mol. The molecule has 0 saturated heterocycles. The number of carbonyl (C=O) groups is 1. The zero-order chi connectivity index (χ0) is 14.7. The van der Waals surface area contributed by atoms with E-state index in [1.165, 1.54) is 19.2 Å². The number of methoxy groups -OCH3 is 1. The number of hydrogen-bond acceptors (Lipinski definition) is 2. The molecule has 0 saturated carbocycles. The van der Waals surface area contributed by atoms with E-state index in [0.29, 0.717) is 5.69 Å². The van der Waals surface area contributed by atoms with Gasteiger partial charge in [-0.25, -0.2) is 4.39 Å². The standard InChI is InChI=1S/C15H13BrFNO2/c1-9-3-5-11(8-12(9)16)18-15(19)10-4-6-14(20-2)13(17)7-10/h3-8H,1-2H3,(H,18,19). The number of aryl methyl sites for hydroxylation is 1. The quantitative estimate of drug-likeness (QED) is 0.913. The van der Waals surface area contributed by atoms with Crippen molar-refractivity contribution in [3.05, 3.63) is 57.8 Å². The van der Waals surface area contributed by atoms with E-state index in [2.05, 4.69) is 21.2 Å². The van der Waals surface area contributed by atoms with Crippen LogP contribution in [0.4, 0.5) is 10.1 Å². The highest BCUT2D eigenvalue weighted by atomic mass is 79.9. The van der Waals surface area contributed by atoms with E-state index in [1.54, 1.807) is 12.1 Å². The lowest BCUT2D eigenvalue weighted by atomic mass is 10.2. The van der Waals surface area contributed by atoms with Gasteiger partial charge in [0, 0.05) is 15.7 Å². The van der Waals surface area contributed by atoms with Gasteiger partial charge < -0.3 is 10.1 Å². The first-order valence-corrected chi connectivity index (χ1v) is 6.71. The van der Waals surface area contributed by atoms with Crippen molar-refractivity contribution in [1.82, 2.24) is 0 Å². The van der Waals surface area contributed by atoms with Crippen molar-refractivity contribution in [3.8, 4) is 5.75 Å². The van der Waals surface area contributed by atoms with Gasteiger partial charge >= 0.3 is 0 Å². The third-order valence-corrected chi connectivity index (χ3v) is 3.70. The van der Waals surface area contributed by atoms with Gasteiger partial charge in [-0.3, -0.25) is 4.79 Å². The van der Waals surface area contributed by atoms with Gasteiger partial charge in [-0.1, -0.05) is 22.0 Å². The molecule has 0 spiro atoms. The van der Waals surface area contributed by atoms with Crippen LogP contribution in [0.25, 0.3) is 0 Å². The second kappa shape index (κ2) is 6.05. The molecular formula is C15H13BrFNO2. The summed E-state index contributed by atoms with van der Waals surface area (Å²) in [5, 5.41) is 2.71. The summed E-state index contributed by atoms with van der Waals surface area (Å²) in [7, 11) is 1.38. The highest BCUT2D eigenvalue weighted by molar-refractivity contribution is 9.10. The summed E-state index contributed by atoms with van der Waals surface area (Å²) in [6.07, 6.45) is 0. The van der Waals surface area contributed by atoms with Gasteiger partial charge in [-0.15, -0.1) is 0 Å². The van der Waals surface area contributed by atoms with E-state index >= 15 is 0 Å². The summed E-state index contributed by atoms with van der Waals surface area (Å²) < 4.78 is 19.3. The van der Waals surface area contributed by atoms with Crippen molar-refractivity contribution in [3.63, 3.8) is 0 Å². The molecule has 0 atom stereocenters. The zero-order valence-corrected chi connectivity index (χ0v) is 12.6. The second-order valence-corrected chi connectivity index (χ2v) is 5.12. The molecule has 0 aliphatic carbocycles. The van der Waals surface area contributed by atoms with E-state index in [4.69, 9.17) is 4.74 Å². The maximum absolute atomic E-state index is 13.6. The first-order valence-electron chi connectivity index (χ1n) is 5.92. The number of halogens is 2. The number of rotatable bonds is 3. The van der Waals surface area contributed by atoms with Gasteiger partial charge in [0.05, 0.1) is 7.11 Å². The van der Waals surface area contributed by atoms with Gasteiger partial charge in [0.2, 0.25) is 0 Å². The van der Waals surface area contributed by atoms with E-state index in [-0.39, 0.29) is 17.2 Å².